The van der Waals surface area contributed by atoms with Crippen molar-refractivity contribution in [1.29, 1.82) is 0 Å². The van der Waals surface area contributed by atoms with Gasteiger partial charge in [-0.05, 0) is 24.6 Å². The number of alkyl halides is 3. The van der Waals surface area contributed by atoms with Crippen molar-refractivity contribution < 1.29 is 18.1 Å². The zero-order valence-corrected chi connectivity index (χ0v) is 11.6. The number of aromatic nitrogens is 2. The summed E-state index contributed by atoms with van der Waals surface area (Å²) in [5, 5.41) is 17.7. The lowest BCUT2D eigenvalue weighted by Gasteiger charge is -2.10. The van der Waals surface area contributed by atoms with Gasteiger partial charge in [0.25, 0.3) is 5.69 Å². The summed E-state index contributed by atoms with van der Waals surface area (Å²) in [6, 6.07) is 2.41. The lowest BCUT2D eigenvalue weighted by Crippen LogP contribution is -2.13. The van der Waals surface area contributed by atoms with Crippen LogP contribution in [0.25, 0.3) is 0 Å². The second-order valence-electron chi connectivity index (χ2n) is 4.69. The number of nitro groups is 1. The fraction of sp³-hybridized carbons (Fsp3) is 0.308. The largest absolute Gasteiger partial charge is 0.416 e. The molecular formula is C13H13F3N4O2. The molecule has 0 aliphatic heterocycles. The molecule has 0 bridgehead atoms. The number of nitrogens with one attached hydrogen (secondary N) is 1. The van der Waals surface area contributed by atoms with Crippen LogP contribution in [0.2, 0.25) is 0 Å². The number of benzene rings is 1. The summed E-state index contributed by atoms with van der Waals surface area (Å²) in [4.78, 5) is 10.1. The zero-order chi connectivity index (χ0) is 16.3. The molecule has 0 saturated heterocycles. The maximum Gasteiger partial charge on any atom is 0.416 e. The average Bonchev–Trinajstić information content (AvgIpc) is 2.83. The molecule has 0 aliphatic carbocycles. The fourth-order valence-electron chi connectivity index (χ4n) is 1.90. The summed E-state index contributed by atoms with van der Waals surface area (Å²) in [5.41, 5.74) is -0.638. The number of anilines is 1. The molecule has 0 radical (unpaired) electrons. The van der Waals surface area contributed by atoms with Crippen molar-refractivity contribution in [2.45, 2.75) is 19.6 Å². The topological polar surface area (TPSA) is 73.0 Å². The second-order valence-corrected chi connectivity index (χ2v) is 4.69. The van der Waals surface area contributed by atoms with Crippen LogP contribution in [-0.2, 0) is 12.7 Å². The Balaban J connectivity index is 2.11. The Kier molecular flexibility index (Phi) is 4.34. The van der Waals surface area contributed by atoms with Crippen molar-refractivity contribution in [2.75, 3.05) is 11.9 Å². The molecule has 1 heterocycles. The highest BCUT2D eigenvalue weighted by atomic mass is 19.4. The van der Waals surface area contributed by atoms with E-state index in [4.69, 9.17) is 0 Å². The van der Waals surface area contributed by atoms with Crippen molar-refractivity contribution in [2.24, 2.45) is 0 Å². The number of rotatable bonds is 5. The second kappa shape index (κ2) is 6.04. The van der Waals surface area contributed by atoms with Gasteiger partial charge in [0.05, 0.1) is 23.2 Å². The Morgan fingerprint density at radius 2 is 2.14 bits per heavy atom. The molecule has 2 aromatic rings. The highest BCUT2D eigenvalue weighted by molar-refractivity contribution is 5.62. The molecule has 0 amide bonds. The fourth-order valence-corrected chi connectivity index (χ4v) is 1.90. The van der Waals surface area contributed by atoms with E-state index in [0.717, 1.165) is 17.7 Å². The van der Waals surface area contributed by atoms with Crippen LogP contribution >= 0.6 is 0 Å². The Labute approximate surface area is 123 Å². The molecule has 0 saturated carbocycles. The van der Waals surface area contributed by atoms with Gasteiger partial charge in [-0.25, -0.2) is 0 Å². The van der Waals surface area contributed by atoms with E-state index in [9.17, 15) is 23.3 Å². The molecule has 1 aromatic carbocycles. The summed E-state index contributed by atoms with van der Waals surface area (Å²) in [6.07, 6.45) is -1.15. The average molecular weight is 314 g/mol. The van der Waals surface area contributed by atoms with Gasteiger partial charge in [-0.2, -0.15) is 18.3 Å². The summed E-state index contributed by atoms with van der Waals surface area (Å²) in [7, 11) is 0. The quantitative estimate of drug-likeness (QED) is 0.679. The van der Waals surface area contributed by atoms with E-state index in [1.807, 2.05) is 6.92 Å². The lowest BCUT2D eigenvalue weighted by molar-refractivity contribution is -0.384. The molecule has 0 aliphatic rings. The van der Waals surface area contributed by atoms with E-state index in [-0.39, 0.29) is 5.69 Å². The third kappa shape index (κ3) is 3.74. The molecule has 9 heteroatoms. The normalized spacial score (nSPS) is 11.5. The first kappa shape index (κ1) is 15.8. The van der Waals surface area contributed by atoms with Crippen molar-refractivity contribution >= 4 is 11.4 Å². The van der Waals surface area contributed by atoms with Gasteiger partial charge in [-0.1, -0.05) is 0 Å². The standard InChI is InChI=1S/C13H13F3N4O2/c1-9-7-18-19(8-9)5-4-17-11-3-2-10(13(14,15)16)6-12(11)20(21)22/h2-3,6-8,17H,4-5H2,1H3. The molecular weight excluding hydrogens is 301 g/mol. The maximum absolute atomic E-state index is 12.6. The van der Waals surface area contributed by atoms with Gasteiger partial charge in [0.1, 0.15) is 5.69 Å². The van der Waals surface area contributed by atoms with Crippen LogP contribution in [0, 0.1) is 17.0 Å². The highest BCUT2D eigenvalue weighted by Gasteiger charge is 2.32. The predicted molar refractivity (Wildman–Crippen MR) is 73.6 cm³/mol. The van der Waals surface area contributed by atoms with Crippen molar-refractivity contribution in [1.82, 2.24) is 9.78 Å². The molecule has 0 fully saturated rings. The Morgan fingerprint density at radius 1 is 1.41 bits per heavy atom. The van der Waals surface area contributed by atoms with Gasteiger partial charge in [-0.3, -0.25) is 14.8 Å². The van der Waals surface area contributed by atoms with E-state index in [2.05, 4.69) is 10.4 Å². The van der Waals surface area contributed by atoms with Gasteiger partial charge >= 0.3 is 6.18 Å². The van der Waals surface area contributed by atoms with Crippen molar-refractivity contribution in [3.63, 3.8) is 0 Å². The van der Waals surface area contributed by atoms with Crippen LogP contribution in [0.4, 0.5) is 24.5 Å². The highest BCUT2D eigenvalue weighted by Crippen LogP contribution is 2.34. The number of halogens is 3. The van der Waals surface area contributed by atoms with Gasteiger partial charge < -0.3 is 5.32 Å². The van der Waals surface area contributed by atoms with Crippen LogP contribution in [-0.4, -0.2) is 21.2 Å². The number of nitrogens with zero attached hydrogens (tertiary/aromatic N) is 3. The van der Waals surface area contributed by atoms with Crippen molar-refractivity contribution in [3.8, 4) is 0 Å². The van der Waals surface area contributed by atoms with Crippen LogP contribution in [0.5, 0.6) is 0 Å². The molecule has 6 nitrogen and oxygen atoms in total. The summed E-state index contributed by atoms with van der Waals surface area (Å²) >= 11 is 0. The monoisotopic (exact) mass is 314 g/mol. The molecule has 22 heavy (non-hydrogen) atoms. The van der Waals surface area contributed by atoms with Crippen LogP contribution in [0.1, 0.15) is 11.1 Å². The van der Waals surface area contributed by atoms with Gasteiger partial charge in [0.2, 0.25) is 0 Å². The van der Waals surface area contributed by atoms with E-state index in [1.165, 1.54) is 0 Å². The van der Waals surface area contributed by atoms with Gasteiger partial charge in [0, 0.05) is 18.8 Å². The number of hydrogen-bond donors (Lipinski definition) is 1. The molecule has 0 spiro atoms. The third-order valence-corrected chi connectivity index (χ3v) is 2.94. The Bertz CT molecular complexity index is 682. The summed E-state index contributed by atoms with van der Waals surface area (Å²) in [5.74, 6) is 0. The molecule has 0 atom stereocenters. The first-order valence-electron chi connectivity index (χ1n) is 6.36. The van der Waals surface area contributed by atoms with Gasteiger partial charge in [0.15, 0.2) is 0 Å². The van der Waals surface area contributed by atoms with Crippen molar-refractivity contribution in [3.05, 3.63) is 51.8 Å². The summed E-state index contributed by atoms with van der Waals surface area (Å²) < 4.78 is 39.4. The molecule has 2 rings (SSSR count). The van der Waals surface area contributed by atoms with E-state index in [0.29, 0.717) is 19.2 Å². The first-order valence-corrected chi connectivity index (χ1v) is 6.36. The van der Waals surface area contributed by atoms with Gasteiger partial charge in [-0.15, -0.1) is 0 Å². The minimum atomic E-state index is -4.62. The maximum atomic E-state index is 12.6. The summed E-state index contributed by atoms with van der Waals surface area (Å²) in [6.45, 7) is 2.61. The minimum Gasteiger partial charge on any atom is -0.378 e. The predicted octanol–water partition coefficient (Wildman–Crippen LogP) is 3.23. The van der Waals surface area contributed by atoms with Crippen LogP contribution < -0.4 is 5.32 Å². The molecule has 1 aromatic heterocycles. The molecule has 0 unspecified atom stereocenters. The Hall–Kier alpha value is -2.58. The number of nitro benzene ring substituents is 1. The SMILES string of the molecule is Cc1cnn(CCNc2ccc(C(F)(F)F)cc2[N+](=O)[O-])c1. The Morgan fingerprint density at radius 3 is 2.68 bits per heavy atom. The van der Waals surface area contributed by atoms with E-state index >= 15 is 0 Å². The molecule has 118 valence electrons. The third-order valence-electron chi connectivity index (χ3n) is 2.94. The molecule has 1 N–H and O–H groups in total. The number of hydrogen-bond acceptors (Lipinski definition) is 4. The lowest BCUT2D eigenvalue weighted by atomic mass is 10.1. The van der Waals surface area contributed by atoms with Crippen LogP contribution in [0.15, 0.2) is 30.6 Å². The first-order chi connectivity index (χ1) is 10.3. The smallest absolute Gasteiger partial charge is 0.378 e. The zero-order valence-electron chi connectivity index (χ0n) is 11.6. The van der Waals surface area contributed by atoms with Crippen LogP contribution in [0.3, 0.4) is 0 Å². The van der Waals surface area contributed by atoms with E-state index in [1.54, 1.807) is 17.1 Å². The number of aryl methyl sites for hydroxylation is 1. The minimum absolute atomic E-state index is 0.0434. The van der Waals surface area contributed by atoms with E-state index < -0.39 is 22.4 Å².